The monoisotopic (exact) mass is 345 g/mol. The lowest BCUT2D eigenvalue weighted by molar-refractivity contribution is 0.582. The number of benzene rings is 1. The summed E-state index contributed by atoms with van der Waals surface area (Å²) in [5.74, 6) is 1.37. The fourth-order valence-corrected chi connectivity index (χ4v) is 5.01. The van der Waals surface area contributed by atoms with Gasteiger partial charge in [0, 0.05) is 31.1 Å². The topological polar surface area (TPSA) is 37.2 Å². The zero-order valence-corrected chi connectivity index (χ0v) is 15.2. The van der Waals surface area contributed by atoms with Crippen molar-refractivity contribution < 1.29 is 0 Å². The third-order valence-corrected chi connectivity index (χ3v) is 6.19. The molecule has 2 aromatic rings. The van der Waals surface area contributed by atoms with Crippen molar-refractivity contribution in [3.8, 4) is 0 Å². The Kier molecular flexibility index (Phi) is 3.57. The average molecular weight is 345 g/mol. The fraction of sp³-hybridized carbons (Fsp3) is 0.375. The third kappa shape index (κ3) is 2.33. The van der Waals surface area contributed by atoms with E-state index in [4.69, 9.17) is 0 Å². The number of hydrogen-bond donors (Lipinski definition) is 0. The average Bonchev–Trinajstić information content (AvgIpc) is 3.17. The molecule has 0 N–H and O–H groups in total. The highest BCUT2D eigenvalue weighted by Crippen LogP contribution is 2.51. The van der Waals surface area contributed by atoms with Crippen molar-refractivity contribution >= 4 is 29.2 Å². The number of hydrogen-bond acceptors (Lipinski definition) is 6. The van der Waals surface area contributed by atoms with E-state index in [1.54, 1.807) is 11.8 Å². The largest absolute Gasteiger partial charge is 0.378 e. The zero-order valence-electron chi connectivity index (χ0n) is 13.6. The first-order valence-corrected chi connectivity index (χ1v) is 9.38. The Balaban J connectivity index is 1.70. The molecule has 120 valence electrons. The molecule has 3 heterocycles. The van der Waals surface area contributed by atoms with Crippen LogP contribution >= 0.6 is 23.5 Å². The van der Waals surface area contributed by atoms with Gasteiger partial charge in [0.2, 0.25) is 5.16 Å². The van der Waals surface area contributed by atoms with Crippen LogP contribution in [0.4, 0.5) is 5.69 Å². The minimum absolute atomic E-state index is 0.239. The van der Waals surface area contributed by atoms with Crippen molar-refractivity contribution in [1.82, 2.24) is 14.9 Å². The summed E-state index contributed by atoms with van der Waals surface area (Å²) in [6, 6.07) is 8.78. The first kappa shape index (κ1) is 15.0. The highest BCUT2D eigenvalue weighted by atomic mass is 32.2. The summed E-state index contributed by atoms with van der Waals surface area (Å²) < 4.78 is 2.19. The lowest BCUT2D eigenvalue weighted by atomic mass is 10.2. The van der Waals surface area contributed by atoms with Crippen LogP contribution in [0.15, 0.2) is 39.9 Å². The Morgan fingerprint density at radius 2 is 1.87 bits per heavy atom. The first-order chi connectivity index (χ1) is 11.1. The fourth-order valence-electron chi connectivity index (χ4n) is 2.78. The van der Waals surface area contributed by atoms with Crippen LogP contribution in [-0.4, -0.2) is 29.0 Å². The van der Waals surface area contributed by atoms with E-state index >= 15 is 0 Å². The lowest BCUT2D eigenvalue weighted by Gasteiger charge is -2.27. The van der Waals surface area contributed by atoms with Gasteiger partial charge in [-0.1, -0.05) is 37.7 Å². The van der Waals surface area contributed by atoms with E-state index in [1.807, 2.05) is 11.8 Å². The predicted molar refractivity (Wildman–Crippen MR) is 97.4 cm³/mol. The van der Waals surface area contributed by atoms with E-state index in [2.05, 4.69) is 82.4 Å². The Hall–Kier alpha value is -1.60. The van der Waals surface area contributed by atoms with Gasteiger partial charge in [0.25, 0.3) is 0 Å². The molecule has 2 aliphatic heterocycles. The minimum Gasteiger partial charge on any atom is -0.378 e. The van der Waals surface area contributed by atoms with Crippen LogP contribution in [0.5, 0.6) is 0 Å². The quantitative estimate of drug-likeness (QED) is 0.843. The smallest absolute Gasteiger partial charge is 0.216 e. The Labute approximate surface area is 144 Å². The molecule has 23 heavy (non-hydrogen) atoms. The van der Waals surface area contributed by atoms with Gasteiger partial charge in [-0.2, -0.15) is 0 Å². The summed E-state index contributed by atoms with van der Waals surface area (Å²) >= 11 is 3.54. The molecule has 0 saturated carbocycles. The Morgan fingerprint density at radius 1 is 1.13 bits per heavy atom. The molecule has 7 heteroatoms. The van der Waals surface area contributed by atoms with Crippen molar-refractivity contribution in [2.75, 3.05) is 24.0 Å². The number of nitrogens with zero attached hydrogens (tertiary/aromatic N) is 5. The van der Waals surface area contributed by atoms with E-state index in [1.165, 1.54) is 16.3 Å². The molecule has 0 unspecified atom stereocenters. The van der Waals surface area contributed by atoms with E-state index in [0.29, 0.717) is 5.92 Å². The summed E-state index contributed by atoms with van der Waals surface area (Å²) in [6.45, 7) is 4.32. The van der Waals surface area contributed by atoms with Crippen LogP contribution in [0.25, 0.3) is 0 Å². The lowest BCUT2D eigenvalue weighted by Crippen LogP contribution is -2.31. The predicted octanol–water partition coefficient (Wildman–Crippen LogP) is 3.76. The molecule has 0 spiro atoms. The summed E-state index contributed by atoms with van der Waals surface area (Å²) in [4.78, 5) is 2.12. The van der Waals surface area contributed by atoms with Crippen LogP contribution in [0.1, 0.15) is 36.5 Å². The van der Waals surface area contributed by atoms with E-state index in [0.717, 1.165) is 11.0 Å². The van der Waals surface area contributed by atoms with Crippen molar-refractivity contribution in [3.05, 3.63) is 46.1 Å². The van der Waals surface area contributed by atoms with Crippen LogP contribution in [0.2, 0.25) is 0 Å². The molecule has 1 atom stereocenters. The van der Waals surface area contributed by atoms with Gasteiger partial charge in [-0.3, -0.25) is 5.01 Å². The van der Waals surface area contributed by atoms with E-state index in [9.17, 15) is 0 Å². The highest BCUT2D eigenvalue weighted by molar-refractivity contribution is 8.07. The van der Waals surface area contributed by atoms with Crippen LogP contribution in [-0.2, 0) is 0 Å². The molecule has 0 amide bonds. The third-order valence-electron chi connectivity index (χ3n) is 4.00. The van der Waals surface area contributed by atoms with E-state index in [-0.39, 0.29) is 5.37 Å². The maximum atomic E-state index is 4.37. The van der Waals surface area contributed by atoms with Gasteiger partial charge in [0.15, 0.2) is 5.82 Å². The number of anilines is 1. The van der Waals surface area contributed by atoms with Gasteiger partial charge in [-0.05, 0) is 29.5 Å². The van der Waals surface area contributed by atoms with E-state index < -0.39 is 0 Å². The van der Waals surface area contributed by atoms with Crippen LogP contribution in [0.3, 0.4) is 0 Å². The molecule has 0 bridgehead atoms. The number of aromatic nitrogens is 3. The molecule has 1 aromatic carbocycles. The van der Waals surface area contributed by atoms with Crippen LogP contribution in [0, 0.1) is 0 Å². The molecule has 0 saturated heterocycles. The van der Waals surface area contributed by atoms with Crippen molar-refractivity contribution in [3.63, 3.8) is 0 Å². The van der Waals surface area contributed by atoms with Crippen molar-refractivity contribution in [2.45, 2.75) is 30.3 Å². The summed E-state index contributed by atoms with van der Waals surface area (Å²) in [7, 11) is 4.13. The molecular weight excluding hydrogens is 326 g/mol. The van der Waals surface area contributed by atoms with Gasteiger partial charge in [0.05, 0.1) is 0 Å². The Bertz CT molecular complexity index is 763. The second kappa shape index (κ2) is 5.49. The normalized spacial score (nSPS) is 19.1. The molecule has 2 aliphatic rings. The molecule has 5 nitrogen and oxygen atoms in total. The molecule has 1 aromatic heterocycles. The number of thioether (sulfide) groups is 2. The standard InChI is InChI=1S/C16H19N5S2/c1-10(2)14-17-18-16-21(14)20-13(23-16)9-22-15(20)11-5-7-12(8-6-11)19(3)4/h5-10,15H,1-4H3/t15-/m1/s1. The van der Waals surface area contributed by atoms with Gasteiger partial charge in [-0.25, -0.2) is 4.68 Å². The summed E-state index contributed by atoms with van der Waals surface area (Å²) in [5.41, 5.74) is 2.51. The SMILES string of the molecule is CC(C)c1nnc2n1N1C(=CS[C@@H]1c1ccc(N(C)C)cc1)S2. The molecular formula is C16H19N5S2. The van der Waals surface area contributed by atoms with Gasteiger partial charge < -0.3 is 4.90 Å². The van der Waals surface area contributed by atoms with Gasteiger partial charge in [-0.15, -0.1) is 10.2 Å². The maximum absolute atomic E-state index is 4.37. The Morgan fingerprint density at radius 3 is 2.52 bits per heavy atom. The molecule has 0 fully saturated rings. The summed E-state index contributed by atoms with van der Waals surface area (Å²) in [6.07, 6.45) is 0. The van der Waals surface area contributed by atoms with Crippen LogP contribution < -0.4 is 9.91 Å². The zero-order chi connectivity index (χ0) is 16.1. The molecule has 0 aliphatic carbocycles. The minimum atomic E-state index is 0.239. The first-order valence-electron chi connectivity index (χ1n) is 7.62. The van der Waals surface area contributed by atoms with Crippen molar-refractivity contribution in [1.29, 1.82) is 0 Å². The van der Waals surface area contributed by atoms with Gasteiger partial charge >= 0.3 is 0 Å². The second-order valence-electron chi connectivity index (χ2n) is 6.18. The number of fused-ring (bicyclic) bond motifs is 3. The van der Waals surface area contributed by atoms with Gasteiger partial charge in [0.1, 0.15) is 10.4 Å². The van der Waals surface area contributed by atoms with Crippen molar-refractivity contribution in [2.24, 2.45) is 0 Å². The summed E-state index contributed by atoms with van der Waals surface area (Å²) in [5, 5.41) is 15.7. The molecule has 4 rings (SSSR count). The number of rotatable bonds is 3. The molecule has 0 radical (unpaired) electrons. The highest BCUT2D eigenvalue weighted by Gasteiger charge is 2.39. The second-order valence-corrected chi connectivity index (χ2v) is 8.13. The maximum Gasteiger partial charge on any atom is 0.216 e.